The smallest absolute Gasteiger partial charge is 0.353 e. The molecule has 0 saturated heterocycles. The fourth-order valence-corrected chi connectivity index (χ4v) is 3.86. The molecule has 0 spiro atoms. The summed E-state index contributed by atoms with van der Waals surface area (Å²) in [6.07, 6.45) is -4.56. The highest BCUT2D eigenvalue weighted by Crippen LogP contribution is 2.34. The number of benzene rings is 2. The van der Waals surface area contributed by atoms with E-state index in [2.05, 4.69) is 15.6 Å². The van der Waals surface area contributed by atoms with Gasteiger partial charge in [0.05, 0.1) is 17.8 Å². The highest BCUT2D eigenvalue weighted by molar-refractivity contribution is 8.14. The molecule has 1 aliphatic rings. The summed E-state index contributed by atoms with van der Waals surface area (Å²) in [6, 6.07) is 15.9. The van der Waals surface area contributed by atoms with Crippen LogP contribution in [0.5, 0.6) is 0 Å². The van der Waals surface area contributed by atoms with E-state index in [0.29, 0.717) is 0 Å². The van der Waals surface area contributed by atoms with Crippen molar-refractivity contribution in [3.63, 3.8) is 0 Å². The molecule has 2 aromatic rings. The lowest BCUT2D eigenvalue weighted by Crippen LogP contribution is -2.48. The first-order valence-electron chi connectivity index (χ1n) is 9.26. The Morgan fingerprint density at radius 1 is 1.17 bits per heavy atom. The van der Waals surface area contributed by atoms with Crippen molar-refractivity contribution in [2.75, 3.05) is 5.75 Å². The van der Waals surface area contributed by atoms with Gasteiger partial charge in [-0.3, -0.25) is 9.79 Å². The monoisotopic (exact) mass is 421 g/mol. The van der Waals surface area contributed by atoms with Crippen LogP contribution in [0.25, 0.3) is 0 Å². The van der Waals surface area contributed by atoms with Gasteiger partial charge in [-0.25, -0.2) is 0 Å². The van der Waals surface area contributed by atoms with Crippen molar-refractivity contribution in [3.8, 4) is 0 Å². The standard InChI is InChI=1S/C21H22F3N3OS/c1-14(15-8-4-2-5-9-15)25-19(28)13-29-20-26-17(16-10-6-3-7-11-16)12-18(27-20)21(22,23)24/h2-11,14,17-18H,12-13H2,1H3,(H,25,28)(H,26,27)/t14-,17-,18-/m0/s1. The summed E-state index contributed by atoms with van der Waals surface area (Å²) in [5.74, 6) is -0.281. The predicted octanol–water partition coefficient (Wildman–Crippen LogP) is 4.62. The van der Waals surface area contributed by atoms with Crippen molar-refractivity contribution in [1.82, 2.24) is 10.6 Å². The third-order valence-electron chi connectivity index (χ3n) is 4.63. The minimum Gasteiger partial charge on any atom is -0.353 e. The molecule has 1 heterocycles. The lowest BCUT2D eigenvalue weighted by molar-refractivity contribution is -0.155. The Labute approximate surface area is 172 Å². The van der Waals surface area contributed by atoms with Gasteiger partial charge in [0.1, 0.15) is 6.04 Å². The van der Waals surface area contributed by atoms with Gasteiger partial charge in [-0.2, -0.15) is 13.2 Å². The maximum Gasteiger partial charge on any atom is 0.408 e. The van der Waals surface area contributed by atoms with E-state index >= 15 is 0 Å². The second kappa shape index (κ2) is 9.35. The summed E-state index contributed by atoms with van der Waals surface area (Å²) >= 11 is 0.988. The molecular formula is C21H22F3N3OS. The number of halogens is 3. The molecule has 0 unspecified atom stereocenters. The van der Waals surface area contributed by atoms with E-state index in [0.717, 1.165) is 22.9 Å². The maximum atomic E-state index is 13.4. The molecule has 0 fully saturated rings. The summed E-state index contributed by atoms with van der Waals surface area (Å²) in [5.41, 5.74) is 1.68. The van der Waals surface area contributed by atoms with Crippen molar-refractivity contribution in [2.45, 2.75) is 37.6 Å². The van der Waals surface area contributed by atoms with Gasteiger partial charge < -0.3 is 10.6 Å². The van der Waals surface area contributed by atoms with Crippen LogP contribution in [0.1, 0.15) is 36.6 Å². The summed E-state index contributed by atoms with van der Waals surface area (Å²) in [6.45, 7) is 1.86. The summed E-state index contributed by atoms with van der Waals surface area (Å²) in [5, 5.41) is 5.43. The van der Waals surface area contributed by atoms with Gasteiger partial charge in [0.2, 0.25) is 5.91 Å². The molecule has 154 valence electrons. The van der Waals surface area contributed by atoms with Crippen LogP contribution in [-0.2, 0) is 4.79 Å². The van der Waals surface area contributed by atoms with Crippen LogP contribution in [0, 0.1) is 0 Å². The molecule has 8 heteroatoms. The number of nitrogens with one attached hydrogen (secondary N) is 2. The average Bonchev–Trinajstić information content (AvgIpc) is 2.72. The Kier molecular flexibility index (Phi) is 6.84. The predicted molar refractivity (Wildman–Crippen MR) is 110 cm³/mol. The fraction of sp³-hybridized carbons (Fsp3) is 0.333. The number of amidine groups is 1. The number of rotatable bonds is 5. The van der Waals surface area contributed by atoms with Crippen LogP contribution >= 0.6 is 11.8 Å². The van der Waals surface area contributed by atoms with Gasteiger partial charge in [0.15, 0.2) is 5.17 Å². The number of carbonyl (C=O) groups excluding carboxylic acids is 1. The zero-order valence-electron chi connectivity index (χ0n) is 15.8. The normalized spacial score (nSPS) is 20.3. The molecule has 3 atom stereocenters. The summed E-state index contributed by atoms with van der Waals surface area (Å²) in [7, 11) is 0. The van der Waals surface area contributed by atoms with Crippen molar-refractivity contribution < 1.29 is 18.0 Å². The molecule has 0 aliphatic carbocycles. The number of hydrogen-bond acceptors (Lipinski definition) is 4. The highest BCUT2D eigenvalue weighted by atomic mass is 32.2. The van der Waals surface area contributed by atoms with Gasteiger partial charge >= 0.3 is 6.18 Å². The quantitative estimate of drug-likeness (QED) is 0.741. The third kappa shape index (κ3) is 6.00. The van der Waals surface area contributed by atoms with E-state index in [1.165, 1.54) is 0 Å². The number of amides is 1. The van der Waals surface area contributed by atoms with Crippen LogP contribution in [0.2, 0.25) is 0 Å². The molecule has 1 aliphatic heterocycles. The largest absolute Gasteiger partial charge is 0.408 e. The Balaban J connectivity index is 1.64. The zero-order valence-corrected chi connectivity index (χ0v) is 16.6. The number of aliphatic imine (C=N–C) groups is 1. The van der Waals surface area contributed by atoms with Gasteiger partial charge in [-0.15, -0.1) is 0 Å². The number of thioether (sulfide) groups is 1. The molecule has 0 aromatic heterocycles. The molecule has 0 saturated carbocycles. The van der Waals surface area contributed by atoms with Gasteiger partial charge in [0.25, 0.3) is 0 Å². The van der Waals surface area contributed by atoms with E-state index < -0.39 is 18.3 Å². The lowest BCUT2D eigenvalue weighted by atomic mass is 9.98. The molecule has 29 heavy (non-hydrogen) atoms. The molecule has 0 bridgehead atoms. The molecular weight excluding hydrogens is 399 g/mol. The van der Waals surface area contributed by atoms with E-state index in [-0.39, 0.29) is 29.3 Å². The Hall–Kier alpha value is -2.48. The second-order valence-corrected chi connectivity index (χ2v) is 7.79. The number of carbonyl (C=O) groups is 1. The lowest BCUT2D eigenvalue weighted by Gasteiger charge is -2.31. The fourth-order valence-electron chi connectivity index (χ4n) is 3.09. The van der Waals surface area contributed by atoms with Crippen molar-refractivity contribution >= 4 is 22.8 Å². The van der Waals surface area contributed by atoms with Crippen LogP contribution in [-0.4, -0.2) is 29.0 Å². The van der Waals surface area contributed by atoms with Crippen LogP contribution < -0.4 is 10.6 Å². The maximum absolute atomic E-state index is 13.4. The molecule has 2 aromatic carbocycles. The summed E-state index contributed by atoms with van der Waals surface area (Å²) in [4.78, 5) is 16.7. The van der Waals surface area contributed by atoms with Gasteiger partial charge in [0, 0.05) is 6.42 Å². The molecule has 0 radical (unpaired) electrons. The zero-order chi connectivity index (χ0) is 20.9. The molecule has 3 rings (SSSR count). The molecule has 1 amide bonds. The second-order valence-electron chi connectivity index (χ2n) is 6.82. The Morgan fingerprint density at radius 2 is 1.79 bits per heavy atom. The van der Waals surface area contributed by atoms with Crippen LogP contribution in [0.15, 0.2) is 65.7 Å². The first-order chi connectivity index (χ1) is 13.8. The number of alkyl halides is 3. The first kappa shape index (κ1) is 21.2. The SMILES string of the molecule is C[C@H](NC(=O)CSC1=N[C@H](c2ccccc2)C[C@@H](C(F)(F)F)N1)c1ccccc1. The Bertz CT molecular complexity index is 843. The average molecular weight is 421 g/mol. The van der Waals surface area contributed by atoms with Gasteiger partial charge in [-0.05, 0) is 18.1 Å². The van der Waals surface area contributed by atoms with E-state index in [4.69, 9.17) is 0 Å². The van der Waals surface area contributed by atoms with E-state index in [1.54, 1.807) is 24.3 Å². The number of nitrogens with zero attached hydrogens (tertiary/aromatic N) is 1. The third-order valence-corrected chi connectivity index (χ3v) is 5.53. The molecule has 2 N–H and O–H groups in total. The minimum atomic E-state index is -4.39. The Morgan fingerprint density at radius 3 is 2.41 bits per heavy atom. The minimum absolute atomic E-state index is 0.0188. The van der Waals surface area contributed by atoms with E-state index in [9.17, 15) is 18.0 Å². The topological polar surface area (TPSA) is 53.5 Å². The summed E-state index contributed by atoms with van der Waals surface area (Å²) < 4.78 is 40.1. The number of hydrogen-bond donors (Lipinski definition) is 2. The van der Waals surface area contributed by atoms with Crippen LogP contribution in [0.3, 0.4) is 0 Å². The first-order valence-corrected chi connectivity index (χ1v) is 10.2. The van der Waals surface area contributed by atoms with Crippen molar-refractivity contribution in [2.24, 2.45) is 4.99 Å². The van der Waals surface area contributed by atoms with E-state index in [1.807, 2.05) is 43.3 Å². The van der Waals surface area contributed by atoms with Crippen LogP contribution in [0.4, 0.5) is 13.2 Å². The highest BCUT2D eigenvalue weighted by Gasteiger charge is 2.43. The van der Waals surface area contributed by atoms with Crippen molar-refractivity contribution in [3.05, 3.63) is 71.8 Å². The van der Waals surface area contributed by atoms with Crippen molar-refractivity contribution in [1.29, 1.82) is 0 Å². The molecule has 4 nitrogen and oxygen atoms in total. The van der Waals surface area contributed by atoms with Gasteiger partial charge in [-0.1, -0.05) is 72.4 Å².